The number of benzene rings is 1. The molecular formula is C19H22N4OS. The Morgan fingerprint density at radius 2 is 2.12 bits per heavy atom. The zero-order valence-electron chi connectivity index (χ0n) is 14.7. The van der Waals surface area contributed by atoms with Crippen molar-refractivity contribution in [3.05, 3.63) is 64.9 Å². The third kappa shape index (κ3) is 4.28. The number of oxazole rings is 1. The maximum atomic E-state index is 5.55. The first-order valence-corrected chi connectivity index (χ1v) is 9.00. The number of guanidine groups is 1. The first-order chi connectivity index (χ1) is 12.2. The maximum absolute atomic E-state index is 5.55. The molecule has 3 aromatic rings. The Balaban J connectivity index is 1.60. The molecule has 0 bridgehead atoms. The topological polar surface area (TPSA) is 53.7 Å². The Hall–Kier alpha value is -2.60. The predicted octanol–water partition coefficient (Wildman–Crippen LogP) is 3.92. The SMILES string of the molecule is CN=C(NCc1coc(-c2cccs2)n1)N(C)Cc1ccccc1C. The molecule has 130 valence electrons. The zero-order chi connectivity index (χ0) is 17.6. The van der Waals surface area contributed by atoms with Crippen LogP contribution in [0, 0.1) is 6.92 Å². The Kier molecular flexibility index (Phi) is 5.50. The number of rotatable bonds is 5. The quantitative estimate of drug-likeness (QED) is 0.557. The van der Waals surface area contributed by atoms with Crippen LogP contribution in [-0.2, 0) is 13.1 Å². The smallest absolute Gasteiger partial charge is 0.236 e. The van der Waals surface area contributed by atoms with Crippen LogP contribution in [0.25, 0.3) is 10.8 Å². The summed E-state index contributed by atoms with van der Waals surface area (Å²) in [4.78, 5) is 12.0. The maximum Gasteiger partial charge on any atom is 0.236 e. The van der Waals surface area contributed by atoms with Gasteiger partial charge < -0.3 is 14.6 Å². The second-order valence-electron chi connectivity index (χ2n) is 5.80. The average Bonchev–Trinajstić information content (AvgIpc) is 3.28. The molecule has 25 heavy (non-hydrogen) atoms. The van der Waals surface area contributed by atoms with Gasteiger partial charge in [0.05, 0.1) is 17.1 Å². The standard InChI is InChI=1S/C19H22N4OS/c1-14-7-4-5-8-15(14)12-23(3)19(20-2)21-11-16-13-24-18(22-16)17-9-6-10-25-17/h4-10,13H,11-12H2,1-3H3,(H,20,21). The summed E-state index contributed by atoms with van der Waals surface area (Å²) in [6, 6.07) is 12.4. The molecule has 2 aromatic heterocycles. The minimum Gasteiger partial charge on any atom is -0.443 e. The van der Waals surface area contributed by atoms with E-state index < -0.39 is 0 Å². The third-order valence-corrected chi connectivity index (χ3v) is 4.81. The summed E-state index contributed by atoms with van der Waals surface area (Å²) in [5.74, 6) is 1.49. The van der Waals surface area contributed by atoms with Gasteiger partial charge in [0.2, 0.25) is 5.89 Å². The molecule has 0 spiro atoms. The second-order valence-corrected chi connectivity index (χ2v) is 6.75. The van der Waals surface area contributed by atoms with Crippen LogP contribution in [0.2, 0.25) is 0 Å². The van der Waals surface area contributed by atoms with Crippen molar-refractivity contribution in [1.29, 1.82) is 0 Å². The number of thiophene rings is 1. The van der Waals surface area contributed by atoms with Gasteiger partial charge in [-0.15, -0.1) is 11.3 Å². The van der Waals surface area contributed by atoms with Crippen molar-refractivity contribution in [3.63, 3.8) is 0 Å². The van der Waals surface area contributed by atoms with Gasteiger partial charge in [0, 0.05) is 20.6 Å². The van der Waals surface area contributed by atoms with E-state index in [0.29, 0.717) is 12.4 Å². The lowest BCUT2D eigenvalue weighted by Gasteiger charge is -2.22. The number of aryl methyl sites for hydroxylation is 1. The first-order valence-electron chi connectivity index (χ1n) is 8.12. The summed E-state index contributed by atoms with van der Waals surface area (Å²) in [6.45, 7) is 3.49. The van der Waals surface area contributed by atoms with Crippen molar-refractivity contribution in [2.45, 2.75) is 20.0 Å². The van der Waals surface area contributed by atoms with Gasteiger partial charge in [-0.25, -0.2) is 4.98 Å². The summed E-state index contributed by atoms with van der Waals surface area (Å²) < 4.78 is 5.55. The summed E-state index contributed by atoms with van der Waals surface area (Å²) in [7, 11) is 3.82. The van der Waals surface area contributed by atoms with Gasteiger partial charge in [-0.05, 0) is 29.5 Å². The molecule has 0 aliphatic carbocycles. The molecule has 0 aliphatic rings. The number of aliphatic imine (C=N–C) groups is 1. The first kappa shape index (κ1) is 17.2. The second kappa shape index (κ2) is 7.98. The number of nitrogens with zero attached hydrogens (tertiary/aromatic N) is 3. The van der Waals surface area contributed by atoms with Crippen LogP contribution in [0.4, 0.5) is 0 Å². The summed E-state index contributed by atoms with van der Waals surface area (Å²) in [6.07, 6.45) is 1.69. The number of nitrogens with one attached hydrogen (secondary N) is 1. The van der Waals surface area contributed by atoms with Gasteiger partial charge >= 0.3 is 0 Å². The van der Waals surface area contributed by atoms with Crippen molar-refractivity contribution < 1.29 is 4.42 Å². The third-order valence-electron chi connectivity index (χ3n) is 3.95. The Morgan fingerprint density at radius 3 is 2.84 bits per heavy atom. The predicted molar refractivity (Wildman–Crippen MR) is 103 cm³/mol. The number of aromatic nitrogens is 1. The molecule has 5 nitrogen and oxygen atoms in total. The lowest BCUT2D eigenvalue weighted by atomic mass is 10.1. The van der Waals surface area contributed by atoms with E-state index in [2.05, 4.69) is 51.4 Å². The molecule has 0 amide bonds. The molecule has 1 N–H and O–H groups in total. The Morgan fingerprint density at radius 1 is 1.28 bits per heavy atom. The Labute approximate surface area is 152 Å². The van der Waals surface area contributed by atoms with E-state index in [9.17, 15) is 0 Å². The van der Waals surface area contributed by atoms with E-state index in [4.69, 9.17) is 4.42 Å². The molecule has 0 fully saturated rings. The van der Waals surface area contributed by atoms with E-state index in [0.717, 1.165) is 23.1 Å². The van der Waals surface area contributed by atoms with E-state index in [-0.39, 0.29) is 0 Å². The average molecular weight is 354 g/mol. The van der Waals surface area contributed by atoms with Gasteiger partial charge in [0.25, 0.3) is 0 Å². The van der Waals surface area contributed by atoms with E-state index in [1.54, 1.807) is 24.6 Å². The fourth-order valence-corrected chi connectivity index (χ4v) is 3.23. The van der Waals surface area contributed by atoms with Crippen LogP contribution >= 0.6 is 11.3 Å². The van der Waals surface area contributed by atoms with Gasteiger partial charge in [-0.3, -0.25) is 4.99 Å². The minimum absolute atomic E-state index is 0.569. The molecule has 1 aromatic carbocycles. The van der Waals surface area contributed by atoms with E-state index >= 15 is 0 Å². The van der Waals surface area contributed by atoms with Crippen LogP contribution in [-0.4, -0.2) is 29.9 Å². The molecule has 0 aliphatic heterocycles. The molecule has 3 rings (SSSR count). The molecule has 0 saturated carbocycles. The monoisotopic (exact) mass is 354 g/mol. The highest BCUT2D eigenvalue weighted by Crippen LogP contribution is 2.23. The lowest BCUT2D eigenvalue weighted by Crippen LogP contribution is -2.38. The van der Waals surface area contributed by atoms with Crippen molar-refractivity contribution in [3.8, 4) is 10.8 Å². The Bertz CT molecular complexity index is 839. The zero-order valence-corrected chi connectivity index (χ0v) is 15.5. The fraction of sp³-hybridized carbons (Fsp3) is 0.263. The van der Waals surface area contributed by atoms with Gasteiger partial charge in [0.1, 0.15) is 6.26 Å². The largest absolute Gasteiger partial charge is 0.443 e. The van der Waals surface area contributed by atoms with Gasteiger partial charge in [-0.1, -0.05) is 30.3 Å². The van der Waals surface area contributed by atoms with E-state index in [1.807, 2.05) is 24.6 Å². The molecule has 0 saturated heterocycles. The van der Waals surface area contributed by atoms with Crippen LogP contribution in [0.1, 0.15) is 16.8 Å². The molecular weight excluding hydrogens is 332 g/mol. The summed E-state index contributed by atoms with van der Waals surface area (Å²) in [5.41, 5.74) is 3.42. The van der Waals surface area contributed by atoms with Crippen molar-refractivity contribution in [2.75, 3.05) is 14.1 Å². The van der Waals surface area contributed by atoms with Gasteiger partial charge in [0.15, 0.2) is 5.96 Å². The minimum atomic E-state index is 0.569. The molecule has 6 heteroatoms. The van der Waals surface area contributed by atoms with Crippen molar-refractivity contribution in [2.24, 2.45) is 4.99 Å². The molecule has 0 atom stereocenters. The van der Waals surface area contributed by atoms with E-state index in [1.165, 1.54) is 11.1 Å². The summed E-state index contributed by atoms with van der Waals surface area (Å²) >= 11 is 1.62. The van der Waals surface area contributed by atoms with Gasteiger partial charge in [-0.2, -0.15) is 0 Å². The normalized spacial score (nSPS) is 11.6. The van der Waals surface area contributed by atoms with Crippen molar-refractivity contribution >= 4 is 17.3 Å². The molecule has 0 radical (unpaired) electrons. The number of hydrogen-bond acceptors (Lipinski definition) is 4. The highest BCUT2D eigenvalue weighted by Gasteiger charge is 2.11. The van der Waals surface area contributed by atoms with Crippen LogP contribution in [0.15, 0.2) is 57.5 Å². The molecule has 2 heterocycles. The highest BCUT2D eigenvalue weighted by molar-refractivity contribution is 7.13. The lowest BCUT2D eigenvalue weighted by molar-refractivity contribution is 0.474. The van der Waals surface area contributed by atoms with Crippen LogP contribution in [0.3, 0.4) is 0 Å². The van der Waals surface area contributed by atoms with Crippen LogP contribution < -0.4 is 5.32 Å². The number of hydrogen-bond donors (Lipinski definition) is 1. The van der Waals surface area contributed by atoms with Crippen LogP contribution in [0.5, 0.6) is 0 Å². The highest BCUT2D eigenvalue weighted by atomic mass is 32.1. The van der Waals surface area contributed by atoms with Crippen molar-refractivity contribution in [1.82, 2.24) is 15.2 Å². The molecule has 0 unspecified atom stereocenters. The fourth-order valence-electron chi connectivity index (χ4n) is 2.57. The summed E-state index contributed by atoms with van der Waals surface area (Å²) in [5, 5.41) is 5.35.